The number of thioether (sulfide) groups is 1. The lowest BCUT2D eigenvalue weighted by atomic mass is 10.0. The van der Waals surface area contributed by atoms with Crippen LogP contribution in [-0.2, 0) is 11.2 Å². The van der Waals surface area contributed by atoms with Gasteiger partial charge in [-0.2, -0.15) is 5.10 Å². The van der Waals surface area contributed by atoms with Crippen LogP contribution in [0.4, 0.5) is 0 Å². The number of carbonyl (C=O) groups is 1. The SMILES string of the molecule is Cc1ccccc1C[C@H]1S/C(=N/N=C\c2cccs2)NC1=O. The van der Waals surface area contributed by atoms with Crippen LogP contribution in [0, 0.1) is 6.92 Å². The summed E-state index contributed by atoms with van der Waals surface area (Å²) in [4.78, 5) is 13.1. The van der Waals surface area contributed by atoms with Gasteiger partial charge in [-0.25, -0.2) is 0 Å². The number of amides is 1. The molecule has 22 heavy (non-hydrogen) atoms. The van der Waals surface area contributed by atoms with Gasteiger partial charge in [0, 0.05) is 4.88 Å². The fraction of sp³-hybridized carbons (Fsp3) is 0.188. The maximum Gasteiger partial charge on any atom is 0.239 e. The number of rotatable bonds is 4. The second-order valence-electron chi connectivity index (χ2n) is 4.89. The van der Waals surface area contributed by atoms with E-state index in [-0.39, 0.29) is 11.2 Å². The second kappa shape index (κ2) is 6.89. The Morgan fingerprint density at radius 1 is 1.27 bits per heavy atom. The lowest BCUT2D eigenvalue weighted by Gasteiger charge is -2.07. The van der Waals surface area contributed by atoms with E-state index in [1.54, 1.807) is 17.6 Å². The van der Waals surface area contributed by atoms with Crippen LogP contribution in [0.15, 0.2) is 52.0 Å². The van der Waals surface area contributed by atoms with Crippen molar-refractivity contribution >= 4 is 40.4 Å². The van der Waals surface area contributed by atoms with Crippen molar-refractivity contribution in [2.75, 3.05) is 0 Å². The Morgan fingerprint density at radius 3 is 2.91 bits per heavy atom. The molecular formula is C16H15N3OS2. The minimum absolute atomic E-state index is 0.00155. The third-order valence-electron chi connectivity index (χ3n) is 3.32. The topological polar surface area (TPSA) is 53.8 Å². The first-order chi connectivity index (χ1) is 10.7. The first kappa shape index (κ1) is 15.0. The van der Waals surface area contributed by atoms with Crippen molar-refractivity contribution < 1.29 is 4.79 Å². The van der Waals surface area contributed by atoms with Crippen LogP contribution in [-0.4, -0.2) is 22.5 Å². The van der Waals surface area contributed by atoms with Crippen LogP contribution in [0.5, 0.6) is 0 Å². The molecule has 1 aromatic heterocycles. The van der Waals surface area contributed by atoms with E-state index in [2.05, 4.69) is 34.6 Å². The zero-order valence-electron chi connectivity index (χ0n) is 12.0. The Bertz CT molecular complexity index is 723. The molecule has 0 spiro atoms. The highest BCUT2D eigenvalue weighted by atomic mass is 32.2. The van der Waals surface area contributed by atoms with Crippen LogP contribution < -0.4 is 5.32 Å². The van der Waals surface area contributed by atoms with Crippen LogP contribution in [0.25, 0.3) is 0 Å². The van der Waals surface area contributed by atoms with E-state index in [1.807, 2.05) is 29.6 Å². The van der Waals surface area contributed by atoms with Crippen molar-refractivity contribution in [3.05, 3.63) is 57.8 Å². The number of thiophene rings is 1. The summed E-state index contributed by atoms with van der Waals surface area (Å²) in [5, 5.41) is 13.3. The number of benzene rings is 1. The Balaban J connectivity index is 1.64. The Labute approximate surface area is 137 Å². The number of carbonyl (C=O) groups excluding carboxylic acids is 1. The molecule has 0 saturated carbocycles. The molecule has 1 aromatic carbocycles. The molecule has 6 heteroatoms. The molecular weight excluding hydrogens is 314 g/mol. The minimum Gasteiger partial charge on any atom is -0.303 e. The van der Waals surface area contributed by atoms with E-state index < -0.39 is 0 Å². The van der Waals surface area contributed by atoms with E-state index in [9.17, 15) is 4.79 Å². The summed E-state index contributed by atoms with van der Waals surface area (Å²) in [6.45, 7) is 2.06. The van der Waals surface area contributed by atoms with Crippen molar-refractivity contribution in [2.45, 2.75) is 18.6 Å². The Hall–Kier alpha value is -1.92. The molecule has 0 unspecified atom stereocenters. The summed E-state index contributed by atoms with van der Waals surface area (Å²) < 4.78 is 0. The zero-order valence-corrected chi connectivity index (χ0v) is 13.7. The highest BCUT2D eigenvalue weighted by Crippen LogP contribution is 2.24. The van der Waals surface area contributed by atoms with Crippen molar-refractivity contribution in [2.24, 2.45) is 10.2 Å². The molecule has 112 valence electrons. The van der Waals surface area contributed by atoms with Crippen LogP contribution in [0.1, 0.15) is 16.0 Å². The standard InChI is InChI=1S/C16H15N3OS2/c1-11-5-2-3-6-12(11)9-14-15(20)18-16(22-14)19-17-10-13-7-4-8-21-13/h2-8,10,14H,9H2,1H3,(H,18,19,20)/b17-10-/t14-/m1/s1. The number of hydrogen-bond donors (Lipinski definition) is 1. The van der Waals surface area contributed by atoms with Gasteiger partial charge in [0.1, 0.15) is 0 Å². The molecule has 2 heterocycles. The fourth-order valence-corrected chi connectivity index (χ4v) is 3.66. The number of nitrogens with one attached hydrogen (secondary N) is 1. The van der Waals surface area contributed by atoms with Gasteiger partial charge in [-0.3, -0.25) is 4.79 Å². The summed E-state index contributed by atoms with van der Waals surface area (Å²) >= 11 is 3.04. The summed E-state index contributed by atoms with van der Waals surface area (Å²) in [5.74, 6) is -0.00155. The Kier molecular flexibility index (Phi) is 4.70. The molecule has 1 saturated heterocycles. The molecule has 1 aliphatic rings. The fourth-order valence-electron chi connectivity index (χ4n) is 2.13. The quantitative estimate of drug-likeness (QED) is 0.692. The lowest BCUT2D eigenvalue weighted by molar-refractivity contribution is -0.118. The molecule has 1 amide bonds. The largest absolute Gasteiger partial charge is 0.303 e. The first-order valence-electron chi connectivity index (χ1n) is 6.89. The maximum absolute atomic E-state index is 12.0. The molecule has 0 radical (unpaired) electrons. The van der Waals surface area contributed by atoms with Crippen molar-refractivity contribution in [1.29, 1.82) is 0 Å². The lowest BCUT2D eigenvalue weighted by Crippen LogP contribution is -2.26. The normalized spacial score (nSPS) is 20.0. The molecule has 1 atom stereocenters. The molecule has 0 bridgehead atoms. The molecule has 1 N–H and O–H groups in total. The zero-order chi connectivity index (χ0) is 15.4. The van der Waals surface area contributed by atoms with E-state index in [0.717, 1.165) is 4.88 Å². The number of nitrogens with zero attached hydrogens (tertiary/aromatic N) is 2. The van der Waals surface area contributed by atoms with Crippen LogP contribution in [0.3, 0.4) is 0 Å². The Morgan fingerprint density at radius 2 is 2.14 bits per heavy atom. The van der Waals surface area contributed by atoms with E-state index in [1.165, 1.54) is 22.9 Å². The second-order valence-corrected chi connectivity index (χ2v) is 7.06. The van der Waals surface area contributed by atoms with Gasteiger partial charge < -0.3 is 5.32 Å². The predicted molar refractivity (Wildman–Crippen MR) is 93.8 cm³/mol. The summed E-state index contributed by atoms with van der Waals surface area (Å²) in [5.41, 5.74) is 2.40. The van der Waals surface area contributed by atoms with E-state index in [0.29, 0.717) is 11.6 Å². The molecule has 4 nitrogen and oxygen atoms in total. The van der Waals surface area contributed by atoms with Gasteiger partial charge in [0.15, 0.2) is 5.17 Å². The van der Waals surface area contributed by atoms with Crippen molar-refractivity contribution in [3.8, 4) is 0 Å². The summed E-state index contributed by atoms with van der Waals surface area (Å²) in [6.07, 6.45) is 2.40. The van der Waals surface area contributed by atoms with Gasteiger partial charge in [-0.15, -0.1) is 16.4 Å². The van der Waals surface area contributed by atoms with E-state index in [4.69, 9.17) is 0 Å². The molecule has 1 fully saturated rings. The van der Waals surface area contributed by atoms with Gasteiger partial charge >= 0.3 is 0 Å². The average molecular weight is 329 g/mol. The third kappa shape index (κ3) is 3.64. The smallest absolute Gasteiger partial charge is 0.239 e. The highest BCUT2D eigenvalue weighted by molar-refractivity contribution is 8.15. The van der Waals surface area contributed by atoms with Gasteiger partial charge in [0.2, 0.25) is 5.91 Å². The summed E-state index contributed by atoms with van der Waals surface area (Å²) in [7, 11) is 0. The third-order valence-corrected chi connectivity index (χ3v) is 5.20. The van der Waals surface area contributed by atoms with Gasteiger partial charge in [-0.05, 0) is 35.9 Å². The highest BCUT2D eigenvalue weighted by Gasteiger charge is 2.30. The average Bonchev–Trinajstić information content (AvgIpc) is 3.12. The number of aryl methyl sites for hydroxylation is 1. The number of amidine groups is 1. The predicted octanol–water partition coefficient (Wildman–Crippen LogP) is 3.22. The van der Waals surface area contributed by atoms with Gasteiger partial charge in [0.05, 0.1) is 11.5 Å². The van der Waals surface area contributed by atoms with Crippen molar-refractivity contribution in [1.82, 2.24) is 5.32 Å². The summed E-state index contributed by atoms with van der Waals surface area (Å²) in [6, 6.07) is 12.1. The monoisotopic (exact) mass is 329 g/mol. The minimum atomic E-state index is -0.142. The first-order valence-corrected chi connectivity index (χ1v) is 8.65. The molecule has 0 aliphatic carbocycles. The van der Waals surface area contributed by atoms with E-state index >= 15 is 0 Å². The molecule has 2 aromatic rings. The van der Waals surface area contributed by atoms with Crippen LogP contribution in [0.2, 0.25) is 0 Å². The van der Waals surface area contributed by atoms with Crippen molar-refractivity contribution in [3.63, 3.8) is 0 Å². The molecule has 3 rings (SSSR count). The number of hydrogen-bond acceptors (Lipinski definition) is 5. The van der Waals surface area contributed by atoms with Gasteiger partial charge in [-0.1, -0.05) is 42.1 Å². The van der Waals surface area contributed by atoms with Crippen LogP contribution >= 0.6 is 23.1 Å². The van der Waals surface area contributed by atoms with Gasteiger partial charge in [0.25, 0.3) is 0 Å². The maximum atomic E-state index is 12.0. The molecule has 1 aliphatic heterocycles.